The van der Waals surface area contributed by atoms with Crippen LogP contribution in [-0.2, 0) is 20.2 Å². The Labute approximate surface area is 80.6 Å². The summed E-state index contributed by atoms with van der Waals surface area (Å²) >= 11 is 0. The van der Waals surface area contributed by atoms with Crippen molar-refractivity contribution in [2.24, 2.45) is 0 Å². The van der Waals surface area contributed by atoms with Crippen molar-refractivity contribution in [2.45, 2.75) is 0 Å². The van der Waals surface area contributed by atoms with Gasteiger partial charge in [0.25, 0.3) is 0 Å². The molecule has 0 heterocycles. The fraction of sp³-hybridized carbons (Fsp3) is 1.00. The number of rotatable bonds is 3. The van der Waals surface area contributed by atoms with Crippen molar-refractivity contribution in [2.75, 3.05) is 11.5 Å². The van der Waals surface area contributed by atoms with Crippen LogP contribution in [0.25, 0.3) is 0 Å². The first-order valence-corrected chi connectivity index (χ1v) is 5.23. The summed E-state index contributed by atoms with van der Waals surface area (Å²) in [5, 5.41) is 0. The normalized spacial score (nSPS) is 12.2. The van der Waals surface area contributed by atoms with Gasteiger partial charge >= 0.3 is 23.1 Å². The van der Waals surface area contributed by atoms with Gasteiger partial charge in [-0.05, 0) is 0 Å². The largest absolute Gasteiger partial charge is 2.00 e. The molecule has 0 radical (unpaired) electrons. The van der Waals surface area contributed by atoms with E-state index in [0.29, 0.717) is 0 Å². The van der Waals surface area contributed by atoms with E-state index < -0.39 is 31.7 Å². The van der Waals surface area contributed by atoms with E-state index in [-0.39, 0.29) is 23.1 Å². The smallest absolute Gasteiger partial charge is 0.748 e. The predicted octanol–water partition coefficient (Wildman–Crippen LogP) is -2.30. The zero-order valence-electron chi connectivity index (χ0n) is 5.39. The van der Waals surface area contributed by atoms with Gasteiger partial charge in [-0.15, -0.1) is 0 Å². The second-order valence-electron chi connectivity index (χ2n) is 1.52. The molecule has 0 amide bonds. The average Bonchev–Trinajstić information content (AvgIpc) is 1.57. The van der Waals surface area contributed by atoms with Crippen LogP contribution in [-0.4, -0.2) is 60.5 Å². The van der Waals surface area contributed by atoms with Crippen LogP contribution in [0.2, 0.25) is 0 Å². The monoisotopic (exact) mass is 212 g/mol. The van der Waals surface area contributed by atoms with Gasteiger partial charge in [-0.2, -0.15) is 0 Å². The summed E-state index contributed by atoms with van der Waals surface area (Å²) in [7, 11) is -9.17. The first-order chi connectivity index (χ1) is 4.21. The van der Waals surface area contributed by atoms with Gasteiger partial charge in [-0.25, -0.2) is 16.8 Å². The first kappa shape index (κ1) is 14.1. The summed E-state index contributed by atoms with van der Waals surface area (Å²) in [4.78, 5) is 0. The Hall–Kier alpha value is 0.586. The molecule has 0 aromatic carbocycles. The quantitative estimate of drug-likeness (QED) is 0.384. The van der Waals surface area contributed by atoms with Gasteiger partial charge < -0.3 is 9.11 Å². The Balaban J connectivity index is 0. The fourth-order valence-electron chi connectivity index (χ4n) is 0.204. The molecule has 0 bridgehead atoms. The van der Waals surface area contributed by atoms with Gasteiger partial charge in [-0.1, -0.05) is 0 Å². The van der Waals surface area contributed by atoms with Crippen LogP contribution in [0.1, 0.15) is 0 Å². The minimum atomic E-state index is -4.59. The fourth-order valence-corrected chi connectivity index (χ4v) is 1.84. The van der Waals surface area contributed by atoms with Gasteiger partial charge in [0.2, 0.25) is 0 Å². The molecular weight excluding hydrogens is 208 g/mol. The maximum absolute atomic E-state index is 9.72. The third-order valence-electron chi connectivity index (χ3n) is 0.583. The molecule has 11 heavy (non-hydrogen) atoms. The van der Waals surface area contributed by atoms with E-state index in [9.17, 15) is 25.9 Å². The van der Waals surface area contributed by atoms with Gasteiger partial charge in [-0.3, -0.25) is 0 Å². The molecule has 0 spiro atoms. The van der Waals surface area contributed by atoms with E-state index >= 15 is 0 Å². The van der Waals surface area contributed by atoms with Crippen LogP contribution >= 0.6 is 0 Å². The van der Waals surface area contributed by atoms with E-state index in [0.717, 1.165) is 0 Å². The minimum absolute atomic E-state index is 0. The van der Waals surface area contributed by atoms with Crippen molar-refractivity contribution in [3.63, 3.8) is 0 Å². The van der Waals surface area contributed by atoms with Crippen molar-refractivity contribution in [1.29, 1.82) is 0 Å². The number of hydrogen-bond donors (Lipinski definition) is 0. The molecule has 0 atom stereocenters. The van der Waals surface area contributed by atoms with E-state index in [1.54, 1.807) is 0 Å². The van der Waals surface area contributed by atoms with E-state index in [1.165, 1.54) is 0 Å². The topological polar surface area (TPSA) is 114 Å². The second kappa shape index (κ2) is 4.57. The van der Waals surface area contributed by atoms with Crippen LogP contribution < -0.4 is 0 Å². The Morgan fingerprint density at radius 1 is 0.818 bits per heavy atom. The van der Waals surface area contributed by atoms with E-state index in [1.807, 2.05) is 0 Å². The predicted molar refractivity (Wildman–Crippen MR) is 34.9 cm³/mol. The summed E-state index contributed by atoms with van der Waals surface area (Å²) < 4.78 is 58.3. The van der Waals surface area contributed by atoms with Crippen LogP contribution in [0.4, 0.5) is 0 Å². The summed E-state index contributed by atoms with van der Waals surface area (Å²) in [6.07, 6.45) is 0. The zero-order valence-corrected chi connectivity index (χ0v) is 8.43. The molecule has 0 aliphatic heterocycles. The maximum atomic E-state index is 9.72. The molecule has 0 fully saturated rings. The second-order valence-corrected chi connectivity index (χ2v) is 4.57. The third kappa shape index (κ3) is 13.6. The SMILES string of the molecule is O=S(=O)([O-])CCS(=O)(=O)[O-].[Mg+2]. The third-order valence-corrected chi connectivity index (χ3v) is 2.25. The Kier molecular flexibility index (Phi) is 5.87. The standard InChI is InChI=1S/C2H6O6S2.Mg/c3-9(4,5)1-2-10(6,7)8;/h1-2H2,(H,3,4,5)(H,6,7,8);/q;+2/p-2. The molecule has 0 aliphatic carbocycles. The van der Waals surface area contributed by atoms with Gasteiger partial charge in [0, 0.05) is 0 Å². The molecule has 0 rings (SSSR count). The van der Waals surface area contributed by atoms with Crippen LogP contribution in [0, 0.1) is 0 Å². The molecule has 0 aromatic rings. The van der Waals surface area contributed by atoms with Crippen molar-refractivity contribution in [3.05, 3.63) is 0 Å². The Morgan fingerprint density at radius 3 is 1.09 bits per heavy atom. The zero-order chi connectivity index (χ0) is 8.41. The molecule has 0 aromatic heterocycles. The van der Waals surface area contributed by atoms with Crippen LogP contribution in [0.15, 0.2) is 0 Å². The Morgan fingerprint density at radius 2 is 1.00 bits per heavy atom. The van der Waals surface area contributed by atoms with Crippen molar-refractivity contribution >= 4 is 43.3 Å². The van der Waals surface area contributed by atoms with Crippen LogP contribution in [0.5, 0.6) is 0 Å². The summed E-state index contributed by atoms with van der Waals surface area (Å²) in [6.45, 7) is 0. The molecule has 0 unspecified atom stereocenters. The molecule has 0 saturated heterocycles. The van der Waals surface area contributed by atoms with Gasteiger partial charge in [0.05, 0.1) is 31.7 Å². The summed E-state index contributed by atoms with van der Waals surface area (Å²) in [5.41, 5.74) is 0. The summed E-state index contributed by atoms with van der Waals surface area (Å²) in [5.74, 6) is -2.31. The molecule has 9 heteroatoms. The van der Waals surface area contributed by atoms with E-state index in [2.05, 4.69) is 0 Å². The van der Waals surface area contributed by atoms with Crippen LogP contribution in [0.3, 0.4) is 0 Å². The molecular formula is C2H4MgO6S2. The maximum Gasteiger partial charge on any atom is 2.00 e. The molecule has 6 nitrogen and oxygen atoms in total. The molecule has 0 N–H and O–H groups in total. The summed E-state index contributed by atoms with van der Waals surface area (Å²) in [6, 6.07) is 0. The molecule has 0 aliphatic rings. The first-order valence-electron chi connectivity index (χ1n) is 2.08. The Bertz CT molecular complexity index is 255. The number of hydrogen-bond acceptors (Lipinski definition) is 6. The molecule has 0 saturated carbocycles. The van der Waals surface area contributed by atoms with Gasteiger partial charge in [0.1, 0.15) is 0 Å². The van der Waals surface area contributed by atoms with E-state index in [4.69, 9.17) is 0 Å². The van der Waals surface area contributed by atoms with Crippen molar-refractivity contribution in [3.8, 4) is 0 Å². The van der Waals surface area contributed by atoms with Crippen molar-refractivity contribution in [1.82, 2.24) is 0 Å². The van der Waals surface area contributed by atoms with Crippen molar-refractivity contribution < 1.29 is 25.9 Å². The minimum Gasteiger partial charge on any atom is -0.748 e. The average molecular weight is 212 g/mol. The van der Waals surface area contributed by atoms with Gasteiger partial charge in [0.15, 0.2) is 0 Å². The molecule has 62 valence electrons.